The summed E-state index contributed by atoms with van der Waals surface area (Å²) < 4.78 is 17.5. The molecule has 0 aliphatic heterocycles. The molecule has 3 aromatic rings. The lowest BCUT2D eigenvalue weighted by Crippen LogP contribution is -2.36. The summed E-state index contributed by atoms with van der Waals surface area (Å²) in [7, 11) is 0. The number of aromatic nitrogens is 4. The summed E-state index contributed by atoms with van der Waals surface area (Å²) in [6.07, 6.45) is 4.07. The molecule has 2 aromatic heterocycles. The molecule has 0 fully saturated rings. The van der Waals surface area contributed by atoms with Crippen LogP contribution in [0.1, 0.15) is 37.4 Å². The Kier molecular flexibility index (Phi) is 7.61. The van der Waals surface area contributed by atoms with Gasteiger partial charge in [0.2, 0.25) is 5.91 Å². The Morgan fingerprint density at radius 3 is 2.79 bits per heavy atom. The van der Waals surface area contributed by atoms with Crippen LogP contribution in [0, 0.1) is 24.1 Å². The van der Waals surface area contributed by atoms with Crippen molar-refractivity contribution in [1.82, 2.24) is 24.6 Å². The number of Topliss-reactive ketones (excluding diaryl/α,β-unsaturated/α-hetero) is 1. The number of imidazole rings is 1. The predicted octanol–water partition coefficient (Wildman–Crippen LogP) is 3.45. The molecule has 1 N–H and O–H groups in total. The number of aryl methyl sites for hydroxylation is 2. The molecule has 0 aliphatic carbocycles. The smallest absolute Gasteiger partial charge is 0.226 e. The number of nitrogens with one attached hydrogen (secondary N) is 1. The number of hydrogen-bond acceptors (Lipinski definition) is 5. The van der Waals surface area contributed by atoms with Gasteiger partial charge in [0.25, 0.3) is 0 Å². The van der Waals surface area contributed by atoms with E-state index in [-0.39, 0.29) is 34.7 Å². The van der Waals surface area contributed by atoms with E-state index in [9.17, 15) is 14.0 Å². The molecule has 0 spiro atoms. The highest BCUT2D eigenvalue weighted by Crippen LogP contribution is 2.26. The highest BCUT2D eigenvalue weighted by Gasteiger charge is 2.15. The van der Waals surface area contributed by atoms with Crippen molar-refractivity contribution in [2.24, 2.45) is 0 Å². The second kappa shape index (κ2) is 10.4. The molecule has 0 unspecified atom stereocenters. The Balaban J connectivity index is 1.57. The Morgan fingerprint density at radius 2 is 2.12 bits per heavy atom. The predicted molar refractivity (Wildman–Crippen MR) is 121 cm³/mol. The summed E-state index contributed by atoms with van der Waals surface area (Å²) in [5.41, 5.74) is 1.41. The number of nitriles is 1. The van der Waals surface area contributed by atoms with E-state index in [4.69, 9.17) is 16.9 Å². The molecular weight excluding hydrogens is 447 g/mol. The van der Waals surface area contributed by atoms with Crippen molar-refractivity contribution in [2.75, 3.05) is 0 Å². The number of nitrogens with zero attached hydrogens (tertiary/aromatic N) is 5. The van der Waals surface area contributed by atoms with Crippen LogP contribution in [0.15, 0.2) is 30.6 Å². The van der Waals surface area contributed by atoms with E-state index in [0.29, 0.717) is 36.5 Å². The lowest BCUT2D eigenvalue weighted by Gasteiger charge is -2.13. The van der Waals surface area contributed by atoms with Crippen LogP contribution in [-0.4, -0.2) is 37.1 Å². The van der Waals surface area contributed by atoms with Crippen LogP contribution < -0.4 is 5.32 Å². The standard InChI is InChI=1S/C23H24ClFN6O2/c1-14(27-23(33)10-18-13-30(16(3)28-18)6-4-15(2)32)12-31-7-5-22(29-31)17-8-20(24)19(11-26)21(25)9-17/h5,7-9,13-14H,4,6,10,12H2,1-3H3,(H,27,33)/t14-/m0/s1. The maximum atomic E-state index is 14.0. The lowest BCUT2D eigenvalue weighted by atomic mass is 10.1. The van der Waals surface area contributed by atoms with Crippen molar-refractivity contribution in [3.63, 3.8) is 0 Å². The van der Waals surface area contributed by atoms with Gasteiger partial charge in [-0.15, -0.1) is 0 Å². The highest BCUT2D eigenvalue weighted by molar-refractivity contribution is 6.32. The van der Waals surface area contributed by atoms with Crippen LogP contribution in [0.3, 0.4) is 0 Å². The van der Waals surface area contributed by atoms with Crippen LogP contribution in [0.2, 0.25) is 5.02 Å². The molecule has 1 atom stereocenters. The van der Waals surface area contributed by atoms with Gasteiger partial charge in [-0.05, 0) is 39.0 Å². The summed E-state index contributed by atoms with van der Waals surface area (Å²) >= 11 is 5.98. The molecule has 10 heteroatoms. The van der Waals surface area contributed by atoms with Gasteiger partial charge in [0.05, 0.1) is 29.4 Å². The Morgan fingerprint density at radius 1 is 1.36 bits per heavy atom. The maximum absolute atomic E-state index is 14.0. The first-order chi connectivity index (χ1) is 15.7. The third kappa shape index (κ3) is 6.26. The molecule has 0 saturated heterocycles. The van der Waals surface area contributed by atoms with Gasteiger partial charge in [-0.3, -0.25) is 14.3 Å². The van der Waals surface area contributed by atoms with Crippen LogP contribution in [0.5, 0.6) is 0 Å². The molecule has 0 radical (unpaired) electrons. The molecule has 0 bridgehead atoms. The first-order valence-corrected chi connectivity index (χ1v) is 10.8. The van der Waals surface area contributed by atoms with E-state index in [0.717, 1.165) is 5.82 Å². The summed E-state index contributed by atoms with van der Waals surface area (Å²) in [6, 6.07) is 5.95. The fourth-order valence-corrected chi connectivity index (χ4v) is 3.68. The van der Waals surface area contributed by atoms with Gasteiger partial charge in [0.15, 0.2) is 0 Å². The number of halogens is 2. The third-order valence-electron chi connectivity index (χ3n) is 5.03. The minimum atomic E-state index is -0.700. The van der Waals surface area contributed by atoms with Crippen molar-refractivity contribution in [3.8, 4) is 17.3 Å². The summed E-state index contributed by atoms with van der Waals surface area (Å²) in [4.78, 5) is 28.0. The van der Waals surface area contributed by atoms with Crippen LogP contribution in [0.25, 0.3) is 11.3 Å². The minimum absolute atomic E-state index is 0.0293. The molecule has 1 amide bonds. The molecule has 0 saturated carbocycles. The molecular formula is C23H24ClFN6O2. The van der Waals surface area contributed by atoms with E-state index in [1.165, 1.54) is 12.1 Å². The summed E-state index contributed by atoms with van der Waals surface area (Å²) in [6.45, 7) is 6.19. The molecule has 3 rings (SSSR count). The topological polar surface area (TPSA) is 106 Å². The maximum Gasteiger partial charge on any atom is 0.226 e. The fourth-order valence-electron chi connectivity index (χ4n) is 3.43. The van der Waals surface area contributed by atoms with Crippen molar-refractivity contribution < 1.29 is 14.0 Å². The largest absolute Gasteiger partial charge is 0.351 e. The Bertz CT molecular complexity index is 1200. The summed E-state index contributed by atoms with van der Waals surface area (Å²) in [5, 5.41) is 16.3. The zero-order valence-corrected chi connectivity index (χ0v) is 19.4. The quantitative estimate of drug-likeness (QED) is 0.515. The normalized spacial score (nSPS) is 11.8. The average molecular weight is 471 g/mol. The minimum Gasteiger partial charge on any atom is -0.351 e. The number of ketones is 1. The van der Waals surface area contributed by atoms with Crippen LogP contribution in [0.4, 0.5) is 4.39 Å². The fraction of sp³-hybridized carbons (Fsp3) is 0.348. The number of rotatable bonds is 9. The van der Waals surface area contributed by atoms with Crippen LogP contribution in [-0.2, 0) is 29.1 Å². The van der Waals surface area contributed by atoms with E-state index < -0.39 is 5.82 Å². The monoisotopic (exact) mass is 470 g/mol. The van der Waals surface area contributed by atoms with Crippen molar-refractivity contribution in [1.29, 1.82) is 5.26 Å². The van der Waals surface area contributed by atoms with Gasteiger partial charge in [0.1, 0.15) is 29.1 Å². The molecule has 8 nitrogen and oxygen atoms in total. The zero-order valence-electron chi connectivity index (χ0n) is 18.6. The molecule has 172 valence electrons. The first kappa shape index (κ1) is 24.1. The van der Waals surface area contributed by atoms with Gasteiger partial charge in [-0.1, -0.05) is 11.6 Å². The summed E-state index contributed by atoms with van der Waals surface area (Å²) in [5.74, 6) is -0.0119. The number of carbonyl (C=O) groups is 2. The van der Waals surface area contributed by atoms with Gasteiger partial charge < -0.3 is 9.88 Å². The molecule has 33 heavy (non-hydrogen) atoms. The van der Waals surface area contributed by atoms with Gasteiger partial charge in [-0.2, -0.15) is 10.4 Å². The van der Waals surface area contributed by atoms with Crippen molar-refractivity contribution in [2.45, 2.75) is 52.7 Å². The number of hydrogen-bond donors (Lipinski definition) is 1. The molecule has 2 heterocycles. The number of benzene rings is 1. The van der Waals surface area contributed by atoms with Crippen LogP contribution >= 0.6 is 11.6 Å². The first-order valence-electron chi connectivity index (χ1n) is 10.4. The second-order valence-corrected chi connectivity index (χ2v) is 8.33. The number of carbonyl (C=O) groups excluding carboxylic acids is 2. The second-order valence-electron chi connectivity index (χ2n) is 7.92. The van der Waals surface area contributed by atoms with E-state index in [1.54, 1.807) is 36.1 Å². The SMILES string of the molecule is CC(=O)CCn1cc(CC(=O)N[C@@H](C)Cn2ccc(-c3cc(F)c(C#N)c(Cl)c3)n2)nc1C. The molecule has 0 aliphatic rings. The average Bonchev–Trinajstić information content (AvgIpc) is 3.32. The molecule has 1 aromatic carbocycles. The highest BCUT2D eigenvalue weighted by atomic mass is 35.5. The van der Waals surface area contributed by atoms with Crippen molar-refractivity contribution in [3.05, 3.63) is 58.5 Å². The number of amides is 1. The van der Waals surface area contributed by atoms with E-state index in [1.807, 2.05) is 18.4 Å². The zero-order chi connectivity index (χ0) is 24.1. The Hall–Kier alpha value is -3.51. The van der Waals surface area contributed by atoms with Gasteiger partial charge >= 0.3 is 0 Å². The van der Waals surface area contributed by atoms with Gasteiger partial charge in [-0.25, -0.2) is 9.37 Å². The van der Waals surface area contributed by atoms with E-state index in [2.05, 4.69) is 15.4 Å². The van der Waals surface area contributed by atoms with Crippen molar-refractivity contribution >= 4 is 23.3 Å². The van der Waals surface area contributed by atoms with Gasteiger partial charge in [0, 0.05) is 37.0 Å². The lowest BCUT2D eigenvalue weighted by molar-refractivity contribution is -0.121. The van der Waals surface area contributed by atoms with E-state index >= 15 is 0 Å². The Labute approximate surface area is 196 Å². The third-order valence-corrected chi connectivity index (χ3v) is 5.33.